The fourth-order valence-corrected chi connectivity index (χ4v) is 1.56. The molecule has 0 aromatic carbocycles. The normalized spacial score (nSPS) is 10.8. The van der Waals surface area contributed by atoms with Crippen LogP contribution in [0.25, 0.3) is 5.52 Å². The van der Waals surface area contributed by atoms with Gasteiger partial charge in [0.05, 0.1) is 0 Å². The van der Waals surface area contributed by atoms with Gasteiger partial charge in [-0.05, 0) is 12.1 Å². The Bertz CT molecular complexity index is 533. The second kappa shape index (κ2) is 3.34. The zero-order chi connectivity index (χ0) is 11.0. The van der Waals surface area contributed by atoms with E-state index < -0.39 is 11.8 Å². The molecule has 0 amide bonds. The number of carboxylic acid groups (broad SMARTS) is 1. The highest BCUT2D eigenvalue weighted by Crippen LogP contribution is 2.17. The van der Waals surface area contributed by atoms with E-state index in [0.29, 0.717) is 12.2 Å². The van der Waals surface area contributed by atoms with Crippen molar-refractivity contribution in [2.75, 3.05) is 0 Å². The summed E-state index contributed by atoms with van der Waals surface area (Å²) in [5, 5.41) is 8.87. The average Bonchev–Trinajstić information content (AvgIpc) is 2.58. The molecule has 0 aliphatic heterocycles. The van der Waals surface area contributed by atoms with Gasteiger partial charge in [0.1, 0.15) is 17.2 Å². The summed E-state index contributed by atoms with van der Waals surface area (Å²) < 4.78 is 14.9. The Morgan fingerprint density at radius 1 is 1.67 bits per heavy atom. The summed E-state index contributed by atoms with van der Waals surface area (Å²) in [7, 11) is 0. The molecule has 0 atom stereocenters. The van der Waals surface area contributed by atoms with Gasteiger partial charge in [-0.1, -0.05) is 6.92 Å². The van der Waals surface area contributed by atoms with Crippen LogP contribution >= 0.6 is 0 Å². The van der Waals surface area contributed by atoms with E-state index in [0.717, 1.165) is 0 Å². The standard InChI is InChI=1S/C10H9FN2O2/c1-2-7-12-8(10(14)15)9-6(11)4-3-5-13(7)9/h3-5H,2H2,1H3,(H,14,15). The summed E-state index contributed by atoms with van der Waals surface area (Å²) in [5.74, 6) is -1.23. The number of rotatable bonds is 2. The lowest BCUT2D eigenvalue weighted by Gasteiger charge is -1.97. The van der Waals surface area contributed by atoms with Gasteiger partial charge < -0.3 is 9.51 Å². The van der Waals surface area contributed by atoms with Crippen molar-refractivity contribution in [1.82, 2.24) is 9.38 Å². The molecule has 2 aromatic heterocycles. The molecule has 4 nitrogen and oxygen atoms in total. The Labute approximate surface area is 85.0 Å². The van der Waals surface area contributed by atoms with Gasteiger partial charge >= 0.3 is 5.97 Å². The maximum Gasteiger partial charge on any atom is 0.356 e. The molecular formula is C10H9FN2O2. The van der Waals surface area contributed by atoms with Crippen molar-refractivity contribution in [3.8, 4) is 0 Å². The van der Waals surface area contributed by atoms with Crippen LogP contribution in [0.1, 0.15) is 23.2 Å². The second-order valence-corrected chi connectivity index (χ2v) is 3.11. The van der Waals surface area contributed by atoms with Crippen molar-refractivity contribution < 1.29 is 14.3 Å². The molecule has 0 saturated carbocycles. The number of nitrogens with zero attached hydrogens (tertiary/aromatic N) is 2. The minimum absolute atomic E-state index is 0.0295. The molecule has 0 aliphatic rings. The highest BCUT2D eigenvalue weighted by atomic mass is 19.1. The second-order valence-electron chi connectivity index (χ2n) is 3.11. The molecule has 2 heterocycles. The van der Waals surface area contributed by atoms with E-state index >= 15 is 0 Å². The van der Waals surface area contributed by atoms with Gasteiger partial charge in [0.2, 0.25) is 0 Å². The van der Waals surface area contributed by atoms with Crippen LogP contribution in [0.15, 0.2) is 18.3 Å². The fourth-order valence-electron chi connectivity index (χ4n) is 1.56. The lowest BCUT2D eigenvalue weighted by molar-refractivity contribution is 0.0693. The van der Waals surface area contributed by atoms with Gasteiger partial charge in [-0.2, -0.15) is 0 Å². The van der Waals surface area contributed by atoms with Gasteiger partial charge in [0.15, 0.2) is 5.69 Å². The van der Waals surface area contributed by atoms with Crippen molar-refractivity contribution in [3.05, 3.63) is 35.7 Å². The summed E-state index contributed by atoms with van der Waals surface area (Å²) in [6.45, 7) is 1.84. The Hall–Kier alpha value is -1.91. The number of carbonyl (C=O) groups is 1. The first-order valence-electron chi connectivity index (χ1n) is 4.54. The number of carboxylic acids is 1. The Morgan fingerprint density at radius 2 is 2.40 bits per heavy atom. The summed E-state index contributed by atoms with van der Waals surface area (Å²) >= 11 is 0. The number of aromatic nitrogens is 2. The molecule has 2 aromatic rings. The molecule has 15 heavy (non-hydrogen) atoms. The van der Waals surface area contributed by atoms with Crippen LogP contribution in [-0.4, -0.2) is 20.5 Å². The SMILES string of the molecule is CCc1nc(C(=O)O)c2c(F)cccn12. The third-order valence-electron chi connectivity index (χ3n) is 2.21. The van der Waals surface area contributed by atoms with Crippen molar-refractivity contribution in [2.24, 2.45) is 0 Å². The number of aromatic carboxylic acids is 1. The summed E-state index contributed by atoms with van der Waals surface area (Å²) in [5.41, 5.74) is -0.202. The monoisotopic (exact) mass is 208 g/mol. The topological polar surface area (TPSA) is 54.6 Å². The van der Waals surface area contributed by atoms with Gasteiger partial charge in [-0.3, -0.25) is 0 Å². The van der Waals surface area contributed by atoms with Crippen molar-refractivity contribution >= 4 is 11.5 Å². The predicted molar refractivity (Wildman–Crippen MR) is 51.5 cm³/mol. The van der Waals surface area contributed by atoms with E-state index in [1.807, 2.05) is 6.92 Å². The zero-order valence-electron chi connectivity index (χ0n) is 8.07. The molecule has 0 saturated heterocycles. The van der Waals surface area contributed by atoms with Crippen LogP contribution < -0.4 is 0 Å². The number of fused-ring (bicyclic) bond motifs is 1. The van der Waals surface area contributed by atoms with Gasteiger partial charge in [0, 0.05) is 12.6 Å². The minimum Gasteiger partial charge on any atom is -0.476 e. The number of imidazole rings is 1. The van der Waals surface area contributed by atoms with Crippen LogP contribution in [0.5, 0.6) is 0 Å². The van der Waals surface area contributed by atoms with Crippen molar-refractivity contribution in [2.45, 2.75) is 13.3 Å². The van der Waals surface area contributed by atoms with Gasteiger partial charge in [-0.25, -0.2) is 14.2 Å². The first-order chi connectivity index (χ1) is 7.15. The quantitative estimate of drug-likeness (QED) is 0.817. The molecule has 0 bridgehead atoms. The molecule has 1 N–H and O–H groups in total. The summed E-state index contributed by atoms with van der Waals surface area (Å²) in [6, 6.07) is 2.75. The Balaban J connectivity index is 2.88. The molecule has 0 fully saturated rings. The molecular weight excluding hydrogens is 199 g/mol. The molecule has 78 valence electrons. The van der Waals surface area contributed by atoms with E-state index in [-0.39, 0.29) is 11.2 Å². The van der Waals surface area contributed by atoms with Crippen LogP contribution in [0.2, 0.25) is 0 Å². The maximum absolute atomic E-state index is 13.4. The smallest absolute Gasteiger partial charge is 0.356 e. The maximum atomic E-state index is 13.4. The van der Waals surface area contributed by atoms with E-state index in [4.69, 9.17) is 5.11 Å². The first-order valence-corrected chi connectivity index (χ1v) is 4.54. The van der Waals surface area contributed by atoms with Crippen molar-refractivity contribution in [3.63, 3.8) is 0 Å². The summed E-state index contributed by atoms with van der Waals surface area (Å²) in [4.78, 5) is 14.7. The predicted octanol–water partition coefficient (Wildman–Crippen LogP) is 1.73. The number of halogens is 1. The third-order valence-corrected chi connectivity index (χ3v) is 2.21. The summed E-state index contributed by atoms with van der Waals surface area (Å²) in [6.07, 6.45) is 2.16. The number of hydrogen-bond acceptors (Lipinski definition) is 2. The van der Waals surface area contributed by atoms with Crippen molar-refractivity contribution in [1.29, 1.82) is 0 Å². The number of aryl methyl sites for hydroxylation is 1. The molecule has 2 rings (SSSR count). The zero-order valence-corrected chi connectivity index (χ0v) is 8.07. The molecule has 0 unspecified atom stereocenters. The van der Waals surface area contributed by atoms with E-state index in [9.17, 15) is 9.18 Å². The van der Waals surface area contributed by atoms with Gasteiger partial charge in [0.25, 0.3) is 0 Å². The van der Waals surface area contributed by atoms with Gasteiger partial charge in [-0.15, -0.1) is 0 Å². The molecule has 0 radical (unpaired) electrons. The molecule has 0 spiro atoms. The van der Waals surface area contributed by atoms with E-state index in [1.165, 1.54) is 16.5 Å². The number of pyridine rings is 1. The lowest BCUT2D eigenvalue weighted by atomic mass is 10.3. The number of hydrogen-bond donors (Lipinski definition) is 1. The Morgan fingerprint density at radius 3 is 3.00 bits per heavy atom. The van der Waals surface area contributed by atoms with E-state index in [1.54, 1.807) is 6.20 Å². The largest absolute Gasteiger partial charge is 0.476 e. The lowest BCUT2D eigenvalue weighted by Crippen LogP contribution is -1.98. The highest BCUT2D eigenvalue weighted by molar-refractivity contribution is 5.93. The van der Waals surface area contributed by atoms with Crippen LogP contribution in [0, 0.1) is 5.82 Å². The van der Waals surface area contributed by atoms with Crippen LogP contribution in [0.3, 0.4) is 0 Å². The van der Waals surface area contributed by atoms with E-state index in [2.05, 4.69) is 4.98 Å². The minimum atomic E-state index is -1.21. The fraction of sp³-hybridized carbons (Fsp3) is 0.200. The van der Waals surface area contributed by atoms with Crippen LogP contribution in [-0.2, 0) is 6.42 Å². The first kappa shape index (κ1) is 9.64. The third kappa shape index (κ3) is 1.36. The molecule has 0 aliphatic carbocycles. The average molecular weight is 208 g/mol. The highest BCUT2D eigenvalue weighted by Gasteiger charge is 2.18. The van der Waals surface area contributed by atoms with Crippen LogP contribution in [0.4, 0.5) is 4.39 Å². The molecule has 5 heteroatoms. The Kier molecular flexibility index (Phi) is 2.15.